The number of halogens is 2. The molecular formula is C18H18Cl2N2O2S. The summed E-state index contributed by atoms with van der Waals surface area (Å²) in [6, 6.07) is 12.1. The van der Waals surface area contributed by atoms with E-state index in [4.69, 9.17) is 40.2 Å². The highest BCUT2D eigenvalue weighted by molar-refractivity contribution is 7.80. The maximum atomic E-state index is 12.5. The molecule has 0 aromatic heterocycles. The number of rotatable bonds is 6. The molecule has 25 heavy (non-hydrogen) atoms. The first-order valence-corrected chi connectivity index (χ1v) is 8.97. The van der Waals surface area contributed by atoms with Crippen LogP contribution in [0.2, 0.25) is 10.0 Å². The Labute approximate surface area is 162 Å². The Kier molecular flexibility index (Phi) is 7.50. The van der Waals surface area contributed by atoms with Crippen LogP contribution in [0.3, 0.4) is 0 Å². The Hall–Kier alpha value is -1.82. The summed E-state index contributed by atoms with van der Waals surface area (Å²) in [7, 11) is 0. The molecular weight excluding hydrogens is 379 g/mol. The van der Waals surface area contributed by atoms with Gasteiger partial charge in [0.1, 0.15) is 5.75 Å². The molecule has 1 amide bonds. The van der Waals surface area contributed by atoms with Crippen LogP contribution < -0.4 is 15.4 Å². The molecule has 4 nitrogen and oxygen atoms in total. The second-order valence-corrected chi connectivity index (χ2v) is 6.43. The summed E-state index contributed by atoms with van der Waals surface area (Å²) in [5.41, 5.74) is 0.858. The van der Waals surface area contributed by atoms with Crippen LogP contribution in [0.15, 0.2) is 42.5 Å². The monoisotopic (exact) mass is 396 g/mol. The van der Waals surface area contributed by atoms with Crippen molar-refractivity contribution < 1.29 is 9.53 Å². The highest BCUT2D eigenvalue weighted by atomic mass is 35.5. The summed E-state index contributed by atoms with van der Waals surface area (Å²) in [5, 5.41) is 6.38. The van der Waals surface area contributed by atoms with Gasteiger partial charge in [-0.25, -0.2) is 0 Å². The topological polar surface area (TPSA) is 50.4 Å². The molecule has 0 saturated heterocycles. The van der Waals surface area contributed by atoms with Gasteiger partial charge in [0.25, 0.3) is 5.91 Å². The number of thiocarbonyl (C=S) groups is 1. The number of carbonyl (C=O) groups is 1. The summed E-state index contributed by atoms with van der Waals surface area (Å²) in [6.07, 6.45) is 1.93. The van der Waals surface area contributed by atoms with Crippen molar-refractivity contribution >= 4 is 52.1 Å². The lowest BCUT2D eigenvalue weighted by atomic mass is 10.2. The Bertz CT molecular complexity index is 748. The first-order chi connectivity index (χ1) is 12.0. The molecule has 2 aromatic carbocycles. The fourth-order valence-electron chi connectivity index (χ4n) is 2.04. The Morgan fingerprint density at radius 3 is 2.48 bits per heavy atom. The SMILES string of the molecule is CCCCOc1ccccc1C(=O)NC(=S)Nc1c(Cl)cccc1Cl. The zero-order valence-electron chi connectivity index (χ0n) is 13.6. The fraction of sp³-hybridized carbons (Fsp3) is 0.222. The van der Waals surface area contributed by atoms with E-state index >= 15 is 0 Å². The number of para-hydroxylation sites is 2. The molecule has 0 atom stereocenters. The Morgan fingerprint density at radius 2 is 1.80 bits per heavy atom. The van der Waals surface area contributed by atoms with Crippen LogP contribution in [0.25, 0.3) is 0 Å². The lowest BCUT2D eigenvalue weighted by Crippen LogP contribution is -2.34. The van der Waals surface area contributed by atoms with E-state index in [9.17, 15) is 4.79 Å². The summed E-state index contributed by atoms with van der Waals surface area (Å²) >= 11 is 17.3. The van der Waals surface area contributed by atoms with Gasteiger partial charge in [-0.1, -0.05) is 54.7 Å². The summed E-state index contributed by atoms with van der Waals surface area (Å²) in [6.45, 7) is 2.63. The molecule has 132 valence electrons. The lowest BCUT2D eigenvalue weighted by molar-refractivity contribution is 0.0973. The molecule has 0 saturated carbocycles. The van der Waals surface area contributed by atoms with Gasteiger partial charge in [0.15, 0.2) is 5.11 Å². The number of hydrogen-bond acceptors (Lipinski definition) is 3. The van der Waals surface area contributed by atoms with Gasteiger partial charge in [-0.05, 0) is 42.9 Å². The maximum absolute atomic E-state index is 12.5. The van der Waals surface area contributed by atoms with Crippen LogP contribution in [0.1, 0.15) is 30.1 Å². The highest BCUT2D eigenvalue weighted by Gasteiger charge is 2.15. The third kappa shape index (κ3) is 5.59. The Balaban J connectivity index is 2.05. The normalized spacial score (nSPS) is 10.2. The van der Waals surface area contributed by atoms with Crippen LogP contribution in [0.4, 0.5) is 5.69 Å². The molecule has 0 spiro atoms. The Morgan fingerprint density at radius 1 is 1.12 bits per heavy atom. The van der Waals surface area contributed by atoms with E-state index in [0.717, 1.165) is 12.8 Å². The third-order valence-corrected chi connectivity index (χ3v) is 4.15. The zero-order valence-corrected chi connectivity index (χ0v) is 16.0. The van der Waals surface area contributed by atoms with Crippen LogP contribution in [0, 0.1) is 0 Å². The van der Waals surface area contributed by atoms with Crippen molar-refractivity contribution in [2.24, 2.45) is 0 Å². The van der Waals surface area contributed by atoms with E-state index in [1.165, 1.54) is 0 Å². The minimum Gasteiger partial charge on any atom is -0.493 e. The number of anilines is 1. The second kappa shape index (κ2) is 9.61. The van der Waals surface area contributed by atoms with Crippen molar-refractivity contribution in [3.8, 4) is 5.75 Å². The molecule has 0 fully saturated rings. The average molecular weight is 397 g/mol. The van der Waals surface area contributed by atoms with Crippen molar-refractivity contribution in [3.05, 3.63) is 58.1 Å². The smallest absolute Gasteiger partial charge is 0.261 e. The molecule has 2 rings (SSSR count). The number of unbranched alkanes of at least 4 members (excludes halogenated alkanes) is 1. The van der Waals surface area contributed by atoms with Gasteiger partial charge < -0.3 is 10.1 Å². The van der Waals surface area contributed by atoms with Crippen molar-refractivity contribution in [3.63, 3.8) is 0 Å². The minimum atomic E-state index is -0.368. The van der Waals surface area contributed by atoms with Crippen LogP contribution in [-0.2, 0) is 0 Å². The van der Waals surface area contributed by atoms with Crippen LogP contribution in [0.5, 0.6) is 5.75 Å². The molecule has 2 N–H and O–H groups in total. The summed E-state index contributed by atoms with van der Waals surface area (Å²) in [5.74, 6) is 0.153. The lowest BCUT2D eigenvalue weighted by Gasteiger charge is -2.14. The molecule has 2 aromatic rings. The van der Waals surface area contributed by atoms with Gasteiger partial charge in [-0.3, -0.25) is 10.1 Å². The van der Waals surface area contributed by atoms with Gasteiger partial charge in [0, 0.05) is 0 Å². The zero-order chi connectivity index (χ0) is 18.2. The molecule has 0 heterocycles. The summed E-state index contributed by atoms with van der Waals surface area (Å²) in [4.78, 5) is 12.5. The first-order valence-electron chi connectivity index (χ1n) is 7.81. The molecule has 0 aliphatic heterocycles. The number of hydrogen-bond donors (Lipinski definition) is 2. The van der Waals surface area contributed by atoms with E-state index in [1.807, 2.05) is 6.07 Å². The maximum Gasteiger partial charge on any atom is 0.261 e. The number of nitrogens with one attached hydrogen (secondary N) is 2. The largest absolute Gasteiger partial charge is 0.493 e. The summed E-state index contributed by atoms with van der Waals surface area (Å²) < 4.78 is 5.67. The second-order valence-electron chi connectivity index (χ2n) is 5.20. The number of carbonyl (C=O) groups excluding carboxylic acids is 1. The van der Waals surface area contributed by atoms with Gasteiger partial charge in [-0.2, -0.15) is 0 Å². The first kappa shape index (κ1) is 19.5. The van der Waals surface area contributed by atoms with E-state index in [-0.39, 0.29) is 11.0 Å². The fourth-order valence-corrected chi connectivity index (χ4v) is 2.73. The number of benzene rings is 2. The predicted octanol–water partition coefficient (Wildman–Crippen LogP) is 5.30. The van der Waals surface area contributed by atoms with E-state index in [2.05, 4.69) is 17.6 Å². The molecule has 0 unspecified atom stereocenters. The van der Waals surface area contributed by atoms with Crippen molar-refractivity contribution in [2.45, 2.75) is 19.8 Å². The van der Waals surface area contributed by atoms with Gasteiger partial charge in [0.2, 0.25) is 0 Å². The van der Waals surface area contributed by atoms with Gasteiger partial charge in [0.05, 0.1) is 27.9 Å². The van der Waals surface area contributed by atoms with Gasteiger partial charge in [-0.15, -0.1) is 0 Å². The molecule has 0 radical (unpaired) electrons. The minimum absolute atomic E-state index is 0.100. The molecule has 0 aliphatic carbocycles. The third-order valence-electron chi connectivity index (χ3n) is 3.32. The van der Waals surface area contributed by atoms with E-state index in [1.54, 1.807) is 36.4 Å². The van der Waals surface area contributed by atoms with E-state index in [0.29, 0.717) is 33.7 Å². The molecule has 0 bridgehead atoms. The standard InChI is InChI=1S/C18H18Cl2N2O2S/c1-2-3-11-24-15-10-5-4-7-12(15)17(23)22-18(25)21-16-13(19)8-6-9-14(16)20/h4-10H,2-3,11H2,1H3,(H2,21,22,23,25). The van der Waals surface area contributed by atoms with Crippen LogP contribution in [-0.4, -0.2) is 17.6 Å². The van der Waals surface area contributed by atoms with E-state index < -0.39 is 0 Å². The molecule has 0 aliphatic rings. The highest BCUT2D eigenvalue weighted by Crippen LogP contribution is 2.29. The van der Waals surface area contributed by atoms with Crippen molar-refractivity contribution in [1.29, 1.82) is 0 Å². The van der Waals surface area contributed by atoms with Crippen LogP contribution >= 0.6 is 35.4 Å². The van der Waals surface area contributed by atoms with Crippen molar-refractivity contribution in [1.82, 2.24) is 5.32 Å². The quantitative estimate of drug-likeness (QED) is 0.513. The van der Waals surface area contributed by atoms with Gasteiger partial charge >= 0.3 is 0 Å². The van der Waals surface area contributed by atoms with Crippen molar-refractivity contribution in [2.75, 3.05) is 11.9 Å². The number of amides is 1. The number of ether oxygens (including phenoxy) is 1. The average Bonchev–Trinajstić information content (AvgIpc) is 2.59. The predicted molar refractivity (Wildman–Crippen MR) is 107 cm³/mol. The molecule has 7 heteroatoms.